The lowest BCUT2D eigenvalue weighted by Crippen LogP contribution is -2.25. The molecule has 0 heterocycles. The van der Waals surface area contributed by atoms with E-state index in [1.165, 1.54) is 17.7 Å². The van der Waals surface area contributed by atoms with Gasteiger partial charge >= 0.3 is 0 Å². The van der Waals surface area contributed by atoms with Crippen molar-refractivity contribution in [1.29, 1.82) is 0 Å². The van der Waals surface area contributed by atoms with Crippen molar-refractivity contribution in [3.8, 4) is 0 Å². The highest BCUT2D eigenvalue weighted by molar-refractivity contribution is 5.33. The van der Waals surface area contributed by atoms with Gasteiger partial charge in [-0.15, -0.1) is 0 Å². The molecule has 2 aromatic rings. The summed E-state index contributed by atoms with van der Waals surface area (Å²) >= 11 is 0. The van der Waals surface area contributed by atoms with E-state index in [0.717, 1.165) is 24.8 Å². The Morgan fingerprint density at radius 2 is 1.74 bits per heavy atom. The first-order valence-corrected chi connectivity index (χ1v) is 6.76. The molecule has 3 rings (SSSR count). The molecule has 1 nitrogen and oxygen atoms in total. The summed E-state index contributed by atoms with van der Waals surface area (Å²) < 4.78 is 12.9. The molecule has 0 amide bonds. The smallest absolute Gasteiger partial charge is 0.123 e. The second kappa shape index (κ2) is 4.78. The highest BCUT2D eigenvalue weighted by atomic mass is 19.1. The van der Waals surface area contributed by atoms with Crippen LogP contribution in [0.1, 0.15) is 29.9 Å². The fourth-order valence-corrected chi connectivity index (χ4v) is 2.76. The number of hydrogen-bond donors (Lipinski definition) is 1. The third-order valence-corrected chi connectivity index (χ3v) is 4.11. The van der Waals surface area contributed by atoms with E-state index in [1.807, 2.05) is 18.2 Å². The van der Waals surface area contributed by atoms with Gasteiger partial charge in [0.05, 0.1) is 0 Å². The second-order valence-electron chi connectivity index (χ2n) is 5.53. The Hall–Kier alpha value is -1.67. The lowest BCUT2D eigenvalue weighted by Gasteiger charge is -2.11. The predicted octanol–water partition coefficient (Wildman–Crippen LogP) is 3.64. The normalized spacial score (nSPS) is 25.3. The predicted molar refractivity (Wildman–Crippen MR) is 75.4 cm³/mol. The number of aryl methyl sites for hydroxylation is 1. The molecule has 0 unspecified atom stereocenters. The number of nitrogens with two attached hydrogens (primary N) is 1. The molecule has 19 heavy (non-hydrogen) atoms. The van der Waals surface area contributed by atoms with Crippen LogP contribution in [-0.2, 0) is 6.42 Å². The molecule has 0 radical (unpaired) electrons. The molecule has 0 spiro atoms. The zero-order valence-corrected chi connectivity index (χ0v) is 10.9. The van der Waals surface area contributed by atoms with E-state index in [9.17, 15) is 4.39 Å². The fourth-order valence-electron chi connectivity index (χ4n) is 2.76. The lowest BCUT2D eigenvalue weighted by atomic mass is 9.99. The summed E-state index contributed by atoms with van der Waals surface area (Å²) in [5.41, 5.74) is 8.81. The molecule has 2 heteroatoms. The largest absolute Gasteiger partial charge is 0.325 e. The molecule has 2 atom stereocenters. The molecular formula is C17H18FN. The lowest BCUT2D eigenvalue weighted by molar-refractivity contribution is 0.587. The van der Waals surface area contributed by atoms with E-state index in [1.54, 1.807) is 0 Å². The van der Waals surface area contributed by atoms with Crippen LogP contribution in [-0.4, -0.2) is 5.54 Å². The third kappa shape index (κ3) is 2.69. The van der Waals surface area contributed by atoms with Crippen molar-refractivity contribution in [1.82, 2.24) is 0 Å². The van der Waals surface area contributed by atoms with E-state index in [0.29, 0.717) is 5.92 Å². The van der Waals surface area contributed by atoms with Gasteiger partial charge in [0, 0.05) is 11.5 Å². The standard InChI is InChI=1S/C17H18FN/c18-15-8-6-14(7-9-15)16-12-17(16,19)11-10-13-4-2-1-3-5-13/h1-9,16H,10-12,19H2/t16-,17-/m1/s1. The van der Waals surface area contributed by atoms with Gasteiger partial charge in [0.1, 0.15) is 5.82 Å². The van der Waals surface area contributed by atoms with Crippen LogP contribution < -0.4 is 5.73 Å². The third-order valence-electron chi connectivity index (χ3n) is 4.11. The molecule has 2 aromatic carbocycles. The van der Waals surface area contributed by atoms with E-state index in [-0.39, 0.29) is 11.4 Å². The van der Waals surface area contributed by atoms with E-state index in [4.69, 9.17) is 5.73 Å². The van der Waals surface area contributed by atoms with E-state index in [2.05, 4.69) is 24.3 Å². The minimum Gasteiger partial charge on any atom is -0.325 e. The minimum absolute atomic E-state index is 0.104. The van der Waals surface area contributed by atoms with Crippen molar-refractivity contribution in [3.05, 3.63) is 71.5 Å². The molecule has 1 fully saturated rings. The number of rotatable bonds is 4. The topological polar surface area (TPSA) is 26.0 Å². The fraction of sp³-hybridized carbons (Fsp3) is 0.294. The van der Waals surface area contributed by atoms with Gasteiger partial charge in [0.2, 0.25) is 0 Å². The summed E-state index contributed by atoms with van der Waals surface area (Å²) in [4.78, 5) is 0. The van der Waals surface area contributed by atoms with Crippen LogP contribution in [0.4, 0.5) is 4.39 Å². The molecule has 1 aliphatic rings. The van der Waals surface area contributed by atoms with Gasteiger partial charge in [0.25, 0.3) is 0 Å². The molecule has 1 saturated carbocycles. The van der Waals surface area contributed by atoms with Gasteiger partial charge in [-0.2, -0.15) is 0 Å². The van der Waals surface area contributed by atoms with Gasteiger partial charge in [-0.3, -0.25) is 0 Å². The van der Waals surface area contributed by atoms with Gasteiger partial charge in [-0.25, -0.2) is 4.39 Å². The Morgan fingerprint density at radius 1 is 1.05 bits per heavy atom. The zero-order valence-electron chi connectivity index (χ0n) is 10.9. The maximum atomic E-state index is 12.9. The highest BCUT2D eigenvalue weighted by Crippen LogP contribution is 2.52. The molecule has 0 aliphatic heterocycles. The maximum Gasteiger partial charge on any atom is 0.123 e. The molecule has 0 aromatic heterocycles. The Balaban J connectivity index is 1.62. The van der Waals surface area contributed by atoms with E-state index >= 15 is 0 Å². The average Bonchev–Trinajstić information content (AvgIpc) is 3.11. The van der Waals surface area contributed by atoms with Crippen LogP contribution in [0.3, 0.4) is 0 Å². The van der Waals surface area contributed by atoms with Crippen molar-refractivity contribution >= 4 is 0 Å². The molecule has 2 N–H and O–H groups in total. The first kappa shape index (κ1) is 12.4. The van der Waals surface area contributed by atoms with Gasteiger partial charge in [-0.05, 0) is 42.5 Å². The molecule has 0 saturated heterocycles. The van der Waals surface area contributed by atoms with Gasteiger partial charge in [-0.1, -0.05) is 42.5 Å². The minimum atomic E-state index is -0.184. The molecule has 98 valence electrons. The van der Waals surface area contributed by atoms with Crippen molar-refractivity contribution in [3.63, 3.8) is 0 Å². The molecule has 1 aliphatic carbocycles. The van der Waals surface area contributed by atoms with Gasteiger partial charge in [0.15, 0.2) is 0 Å². The van der Waals surface area contributed by atoms with Crippen molar-refractivity contribution in [2.24, 2.45) is 5.73 Å². The summed E-state index contributed by atoms with van der Waals surface area (Å²) in [6.07, 6.45) is 3.00. The summed E-state index contributed by atoms with van der Waals surface area (Å²) in [7, 11) is 0. The Morgan fingerprint density at radius 3 is 2.42 bits per heavy atom. The van der Waals surface area contributed by atoms with Gasteiger partial charge < -0.3 is 5.73 Å². The Kier molecular flexibility index (Phi) is 3.11. The van der Waals surface area contributed by atoms with Crippen LogP contribution in [0.2, 0.25) is 0 Å². The number of hydrogen-bond acceptors (Lipinski definition) is 1. The van der Waals surface area contributed by atoms with Crippen LogP contribution in [0.15, 0.2) is 54.6 Å². The van der Waals surface area contributed by atoms with Crippen LogP contribution in [0.5, 0.6) is 0 Å². The SMILES string of the molecule is N[C@]1(CCc2ccccc2)C[C@@H]1c1ccc(F)cc1. The quantitative estimate of drug-likeness (QED) is 0.886. The van der Waals surface area contributed by atoms with Crippen molar-refractivity contribution < 1.29 is 4.39 Å². The van der Waals surface area contributed by atoms with Crippen molar-refractivity contribution in [2.75, 3.05) is 0 Å². The summed E-state index contributed by atoms with van der Waals surface area (Å²) in [6.45, 7) is 0. The summed E-state index contributed by atoms with van der Waals surface area (Å²) in [5.74, 6) is 0.202. The average molecular weight is 255 g/mol. The molecular weight excluding hydrogens is 237 g/mol. The summed E-state index contributed by atoms with van der Waals surface area (Å²) in [6, 6.07) is 17.2. The van der Waals surface area contributed by atoms with Crippen molar-refractivity contribution in [2.45, 2.75) is 30.7 Å². The maximum absolute atomic E-state index is 12.9. The number of benzene rings is 2. The Bertz CT molecular complexity index is 549. The van der Waals surface area contributed by atoms with Crippen LogP contribution in [0, 0.1) is 5.82 Å². The first-order chi connectivity index (χ1) is 9.17. The highest BCUT2D eigenvalue weighted by Gasteiger charge is 2.50. The Labute approximate surface area is 113 Å². The first-order valence-electron chi connectivity index (χ1n) is 6.76. The molecule has 0 bridgehead atoms. The summed E-state index contributed by atoms with van der Waals surface area (Å²) in [5, 5.41) is 0. The monoisotopic (exact) mass is 255 g/mol. The second-order valence-corrected chi connectivity index (χ2v) is 5.53. The van der Waals surface area contributed by atoms with Crippen LogP contribution >= 0.6 is 0 Å². The zero-order chi connectivity index (χ0) is 13.3. The number of halogens is 1. The van der Waals surface area contributed by atoms with Crippen LogP contribution in [0.25, 0.3) is 0 Å². The van der Waals surface area contributed by atoms with E-state index < -0.39 is 0 Å².